The number of carbonyl (C=O) groups is 2. The van der Waals surface area contributed by atoms with Gasteiger partial charge in [-0.2, -0.15) is 5.10 Å². The summed E-state index contributed by atoms with van der Waals surface area (Å²) in [7, 11) is 0. The van der Waals surface area contributed by atoms with Crippen LogP contribution in [0.4, 0.5) is 0 Å². The van der Waals surface area contributed by atoms with Crippen LogP contribution >= 0.6 is 0 Å². The number of H-pyrrole nitrogens is 1. The zero-order valence-electron chi connectivity index (χ0n) is 19.4. The van der Waals surface area contributed by atoms with Gasteiger partial charge in [0.2, 0.25) is 0 Å². The molecule has 3 aromatic heterocycles. The van der Waals surface area contributed by atoms with Crippen LogP contribution in [0.25, 0.3) is 10.9 Å². The predicted molar refractivity (Wildman–Crippen MR) is 129 cm³/mol. The molecule has 1 aliphatic heterocycles. The molecule has 0 saturated heterocycles. The van der Waals surface area contributed by atoms with Crippen molar-refractivity contribution in [3.8, 4) is 0 Å². The second kappa shape index (κ2) is 9.13. The number of para-hydroxylation sites is 1. The Kier molecular flexibility index (Phi) is 5.88. The van der Waals surface area contributed by atoms with Crippen LogP contribution in [0.1, 0.15) is 51.6 Å². The fraction of sp³-hybridized carbons (Fsp3) is 0.308. The molecule has 0 fully saturated rings. The van der Waals surface area contributed by atoms with Gasteiger partial charge in [0.15, 0.2) is 5.69 Å². The number of aromatic amines is 1. The van der Waals surface area contributed by atoms with E-state index < -0.39 is 0 Å². The van der Waals surface area contributed by atoms with Gasteiger partial charge in [-0.05, 0) is 29.7 Å². The molecule has 0 bridgehead atoms. The van der Waals surface area contributed by atoms with Crippen molar-refractivity contribution >= 4 is 22.7 Å². The third kappa shape index (κ3) is 4.31. The first-order chi connectivity index (χ1) is 16.5. The van der Waals surface area contributed by atoms with Crippen LogP contribution < -0.4 is 5.32 Å². The highest BCUT2D eigenvalue weighted by Gasteiger charge is 2.31. The minimum Gasteiger partial charge on any atom is -0.351 e. The quantitative estimate of drug-likeness (QED) is 0.464. The SMILES string of the molecule is CC(C)Cn1nc(C(=O)NCc2cccnc2)c2c1CCN(C(=O)c1cc3ccccc3[nH]1)C2. The summed E-state index contributed by atoms with van der Waals surface area (Å²) < 4.78 is 1.95. The number of carbonyl (C=O) groups excluding carboxylic acids is 2. The van der Waals surface area contributed by atoms with Crippen LogP contribution in [0, 0.1) is 5.92 Å². The van der Waals surface area contributed by atoms with Crippen molar-refractivity contribution in [3.05, 3.63) is 83.1 Å². The fourth-order valence-electron chi connectivity index (χ4n) is 4.47. The smallest absolute Gasteiger partial charge is 0.272 e. The van der Waals surface area contributed by atoms with E-state index in [1.54, 1.807) is 17.3 Å². The molecule has 34 heavy (non-hydrogen) atoms. The van der Waals surface area contributed by atoms with Gasteiger partial charge in [0, 0.05) is 60.6 Å². The monoisotopic (exact) mass is 456 g/mol. The van der Waals surface area contributed by atoms with Gasteiger partial charge in [-0.15, -0.1) is 0 Å². The lowest BCUT2D eigenvalue weighted by molar-refractivity contribution is 0.0725. The minimum atomic E-state index is -0.234. The number of pyridine rings is 1. The van der Waals surface area contributed by atoms with Gasteiger partial charge < -0.3 is 15.2 Å². The molecular formula is C26H28N6O2. The van der Waals surface area contributed by atoms with Gasteiger partial charge in [-0.3, -0.25) is 19.3 Å². The number of nitrogens with zero attached hydrogens (tertiary/aromatic N) is 4. The van der Waals surface area contributed by atoms with E-state index in [4.69, 9.17) is 0 Å². The first-order valence-electron chi connectivity index (χ1n) is 11.6. The summed E-state index contributed by atoms with van der Waals surface area (Å²) in [6, 6.07) is 13.5. The number of hydrogen-bond acceptors (Lipinski definition) is 4. The summed E-state index contributed by atoms with van der Waals surface area (Å²) in [5.74, 6) is 0.0870. The summed E-state index contributed by atoms with van der Waals surface area (Å²) in [4.78, 5) is 35.6. The molecule has 0 spiro atoms. The summed E-state index contributed by atoms with van der Waals surface area (Å²) >= 11 is 0. The molecule has 0 aliphatic carbocycles. The number of benzene rings is 1. The lowest BCUT2D eigenvalue weighted by Crippen LogP contribution is -2.37. The number of aromatic nitrogens is 4. The molecule has 8 nitrogen and oxygen atoms in total. The van der Waals surface area contributed by atoms with Crippen molar-refractivity contribution in [2.75, 3.05) is 6.54 Å². The van der Waals surface area contributed by atoms with Crippen LogP contribution in [0.5, 0.6) is 0 Å². The van der Waals surface area contributed by atoms with E-state index in [-0.39, 0.29) is 11.8 Å². The highest BCUT2D eigenvalue weighted by atomic mass is 16.2. The molecule has 4 aromatic rings. The molecule has 0 saturated carbocycles. The Bertz CT molecular complexity index is 1310. The summed E-state index contributed by atoms with van der Waals surface area (Å²) in [5.41, 5.74) is 4.68. The van der Waals surface area contributed by atoms with E-state index in [1.165, 1.54) is 0 Å². The Morgan fingerprint density at radius 3 is 2.79 bits per heavy atom. The second-order valence-corrected chi connectivity index (χ2v) is 9.14. The van der Waals surface area contributed by atoms with Crippen LogP contribution in [-0.2, 0) is 26.1 Å². The first kappa shape index (κ1) is 21.9. The molecule has 1 aromatic carbocycles. The number of hydrogen-bond donors (Lipinski definition) is 2. The number of rotatable bonds is 6. The first-order valence-corrected chi connectivity index (χ1v) is 11.6. The number of amides is 2. The molecule has 174 valence electrons. The van der Waals surface area contributed by atoms with Crippen molar-refractivity contribution in [2.45, 2.75) is 39.9 Å². The van der Waals surface area contributed by atoms with Gasteiger partial charge in [0.1, 0.15) is 5.69 Å². The van der Waals surface area contributed by atoms with Crippen LogP contribution in [0.3, 0.4) is 0 Å². The van der Waals surface area contributed by atoms with Crippen molar-refractivity contribution in [1.29, 1.82) is 0 Å². The maximum Gasteiger partial charge on any atom is 0.272 e. The average Bonchev–Trinajstić information content (AvgIpc) is 3.44. The van der Waals surface area contributed by atoms with Gasteiger partial charge in [0.25, 0.3) is 11.8 Å². The van der Waals surface area contributed by atoms with Crippen molar-refractivity contribution in [2.24, 2.45) is 5.92 Å². The standard InChI is InChI=1S/C26H28N6O2/c1-17(2)15-32-23-9-11-31(26(34)22-12-19-7-3-4-8-21(19)29-22)16-20(23)24(30-32)25(33)28-14-18-6-5-10-27-13-18/h3-8,10,12-13,17,29H,9,11,14-16H2,1-2H3,(H,28,33). The van der Waals surface area contributed by atoms with E-state index in [2.05, 4.69) is 34.2 Å². The molecule has 0 radical (unpaired) electrons. The second-order valence-electron chi connectivity index (χ2n) is 9.14. The van der Waals surface area contributed by atoms with E-state index in [9.17, 15) is 9.59 Å². The Labute approximate surface area is 198 Å². The summed E-state index contributed by atoms with van der Waals surface area (Å²) in [6.45, 7) is 6.30. The van der Waals surface area contributed by atoms with E-state index >= 15 is 0 Å². The largest absolute Gasteiger partial charge is 0.351 e. The highest BCUT2D eigenvalue weighted by Crippen LogP contribution is 2.26. The van der Waals surface area contributed by atoms with Gasteiger partial charge in [0.05, 0.1) is 6.54 Å². The Morgan fingerprint density at radius 2 is 2.03 bits per heavy atom. The van der Waals surface area contributed by atoms with E-state index in [0.717, 1.165) is 34.3 Å². The Morgan fingerprint density at radius 1 is 1.18 bits per heavy atom. The maximum atomic E-state index is 13.3. The van der Waals surface area contributed by atoms with Gasteiger partial charge >= 0.3 is 0 Å². The minimum absolute atomic E-state index is 0.0693. The lowest BCUT2D eigenvalue weighted by atomic mass is 10.0. The molecule has 5 rings (SSSR count). The highest BCUT2D eigenvalue weighted by molar-refractivity contribution is 5.98. The normalized spacial score (nSPS) is 13.3. The molecule has 8 heteroatoms. The topological polar surface area (TPSA) is 95.9 Å². The molecule has 0 atom stereocenters. The van der Waals surface area contributed by atoms with E-state index in [1.807, 2.05) is 47.1 Å². The summed E-state index contributed by atoms with van der Waals surface area (Å²) in [5, 5.41) is 8.65. The molecule has 2 amide bonds. The average molecular weight is 457 g/mol. The number of fused-ring (bicyclic) bond motifs is 2. The summed E-state index contributed by atoms with van der Waals surface area (Å²) in [6.07, 6.45) is 4.10. The third-order valence-electron chi connectivity index (χ3n) is 6.11. The number of nitrogens with one attached hydrogen (secondary N) is 2. The van der Waals surface area contributed by atoms with E-state index in [0.29, 0.717) is 43.4 Å². The fourth-order valence-corrected chi connectivity index (χ4v) is 4.47. The van der Waals surface area contributed by atoms with Gasteiger partial charge in [-0.25, -0.2) is 0 Å². The molecule has 4 heterocycles. The lowest BCUT2D eigenvalue weighted by Gasteiger charge is -2.27. The van der Waals surface area contributed by atoms with Crippen molar-refractivity contribution in [3.63, 3.8) is 0 Å². The Balaban J connectivity index is 1.40. The molecule has 1 aliphatic rings. The van der Waals surface area contributed by atoms with Crippen LogP contribution in [-0.4, -0.2) is 43.0 Å². The molecule has 2 N–H and O–H groups in total. The van der Waals surface area contributed by atoms with Crippen molar-refractivity contribution in [1.82, 2.24) is 30.0 Å². The Hall–Kier alpha value is -3.94. The predicted octanol–water partition coefficient (Wildman–Crippen LogP) is 3.54. The van der Waals surface area contributed by atoms with Crippen LogP contribution in [0.2, 0.25) is 0 Å². The maximum absolute atomic E-state index is 13.3. The third-order valence-corrected chi connectivity index (χ3v) is 6.11. The van der Waals surface area contributed by atoms with Crippen LogP contribution in [0.15, 0.2) is 54.9 Å². The zero-order chi connectivity index (χ0) is 23.7. The van der Waals surface area contributed by atoms with Crippen molar-refractivity contribution < 1.29 is 9.59 Å². The molecular weight excluding hydrogens is 428 g/mol. The van der Waals surface area contributed by atoms with Gasteiger partial charge in [-0.1, -0.05) is 38.1 Å². The zero-order valence-corrected chi connectivity index (χ0v) is 19.4. The molecule has 0 unspecified atom stereocenters.